The fourth-order valence-electron chi connectivity index (χ4n) is 11.1. The van der Waals surface area contributed by atoms with E-state index in [2.05, 4.69) is 252 Å². The number of methoxy groups -OCH3 is 1. The van der Waals surface area contributed by atoms with Crippen LogP contribution in [0.5, 0.6) is 0 Å². The number of hydrogen-bond donors (Lipinski definition) is 1. The van der Waals surface area contributed by atoms with Crippen molar-refractivity contribution in [2.24, 2.45) is 94.1 Å². The maximum atomic E-state index is 12.3. The van der Waals surface area contributed by atoms with Crippen LogP contribution in [0.1, 0.15) is 484 Å². The largest absolute Gasteiger partial charge is 0.453 e. The number of ether oxygens (including phenoxy) is 1. The van der Waals surface area contributed by atoms with E-state index in [9.17, 15) is 61.5 Å². The summed E-state index contributed by atoms with van der Waals surface area (Å²) in [5.41, 5.74) is 4.59. The second-order valence-corrected chi connectivity index (χ2v) is 50.8. The summed E-state index contributed by atoms with van der Waals surface area (Å²) in [6.07, 6.45) is 9.55. The van der Waals surface area contributed by atoms with Gasteiger partial charge in [-0.15, -0.1) is 0 Å². The first kappa shape index (κ1) is 139. The predicted octanol–water partition coefficient (Wildman–Crippen LogP) is 40.0. The summed E-state index contributed by atoms with van der Waals surface area (Å²) in [5, 5.41) is 8.43. The van der Waals surface area contributed by atoms with Gasteiger partial charge < -0.3 is 9.84 Å². The highest BCUT2D eigenvalue weighted by molar-refractivity contribution is 5.15. The molecule has 0 spiro atoms. The van der Waals surface area contributed by atoms with Gasteiger partial charge in [0, 0.05) is 46.0 Å². The first-order valence-corrected chi connectivity index (χ1v) is 46.2. The van der Waals surface area contributed by atoms with Crippen LogP contribution in [0.4, 0.5) is 61.5 Å². The summed E-state index contributed by atoms with van der Waals surface area (Å²) in [6, 6.07) is 10.6. The highest BCUT2D eigenvalue weighted by Gasteiger charge is 2.58. The zero-order valence-corrected chi connectivity index (χ0v) is 87.8. The fourth-order valence-corrected chi connectivity index (χ4v) is 11.1. The monoisotopic (exact) mass is 1760 g/mol. The molecule has 0 saturated heterocycles. The topological polar surface area (TPSA) is 29.5 Å². The number of hydrogen-bond acceptors (Lipinski definition) is 2. The van der Waals surface area contributed by atoms with E-state index in [-0.39, 0.29) is 42.2 Å². The van der Waals surface area contributed by atoms with Crippen LogP contribution in [0.3, 0.4) is 0 Å². The second-order valence-electron chi connectivity index (χ2n) is 50.8. The van der Waals surface area contributed by atoms with E-state index in [1.807, 2.05) is 41.5 Å². The third kappa shape index (κ3) is 160. The van der Waals surface area contributed by atoms with Crippen LogP contribution in [0.2, 0.25) is 0 Å². The summed E-state index contributed by atoms with van der Waals surface area (Å²) in [7, 11) is 1.75. The molecule has 0 unspecified atom stereocenters. The van der Waals surface area contributed by atoms with Gasteiger partial charge in [0.15, 0.2) is 0 Å². The van der Waals surface area contributed by atoms with Crippen molar-refractivity contribution in [1.82, 2.24) is 0 Å². The molecule has 0 radical (unpaired) electrons. The molecule has 0 aromatic heterocycles. The molecule has 16 heteroatoms. The maximum absolute atomic E-state index is 12.3. The molecule has 3 rings (SSSR count). The molecule has 1 aromatic carbocycles. The summed E-state index contributed by atoms with van der Waals surface area (Å²) in [6.45, 7) is 94.6. The van der Waals surface area contributed by atoms with Crippen molar-refractivity contribution in [2.75, 3.05) is 27.0 Å². The van der Waals surface area contributed by atoms with Crippen molar-refractivity contribution in [3.8, 4) is 0 Å². The summed E-state index contributed by atoms with van der Waals surface area (Å²) in [4.78, 5) is 0. The molecule has 2 nitrogen and oxygen atoms in total. The van der Waals surface area contributed by atoms with Gasteiger partial charge in [0.2, 0.25) is 6.43 Å². The van der Waals surface area contributed by atoms with Crippen LogP contribution in [-0.4, -0.2) is 63.0 Å². The molecule has 2 saturated carbocycles. The minimum Gasteiger partial charge on any atom is -0.396 e. The van der Waals surface area contributed by atoms with Crippen LogP contribution < -0.4 is 0 Å². The highest BCUT2D eigenvalue weighted by atomic mass is 19.4. The Labute approximate surface area is 739 Å². The Hall–Kier alpha value is -1.84. The van der Waals surface area contributed by atoms with Crippen molar-refractivity contribution < 1.29 is 71.3 Å². The lowest BCUT2D eigenvalue weighted by Gasteiger charge is -2.28. The lowest BCUT2D eigenvalue weighted by molar-refractivity contribution is -0.291. The second kappa shape index (κ2) is 65.7. The van der Waals surface area contributed by atoms with Gasteiger partial charge in [-0.2, -0.15) is 48.3 Å². The average Bonchev–Trinajstić information content (AvgIpc) is 1.16. The SMILES string of the molecule is CC(C)(C)CC(F)(F)C(F)(F)F.CC(C)(C)CC1CC1.CC(C)(C)CCC(F)(F)F.CC(C)(C)CCC(F)F.CC(C)(C)CCC1CCC1.CC(C)(C)CCCC(F)(F)F.CC(C)(C)CCCF.CC(C)(C)CCCO.CC(C)(C)Cc1ccccc1.CC(C)CC(C)(C)C.CC(C)CCC(C)(C)C.CCCC(C)(C)C.COCCCC(C)(C)C. The number of aliphatic hydroxyl groups excluding tert-OH is 1. The van der Waals surface area contributed by atoms with Crippen LogP contribution >= 0.6 is 0 Å². The third-order valence-electron chi connectivity index (χ3n) is 17.4. The highest BCUT2D eigenvalue weighted by Crippen LogP contribution is 2.44. The molecule has 1 N–H and O–H groups in total. The van der Waals surface area contributed by atoms with Gasteiger partial charge in [-0.25, -0.2) is 8.78 Å². The summed E-state index contributed by atoms with van der Waals surface area (Å²) >= 11 is 0. The normalized spacial score (nSPS) is 14.1. The molecule has 120 heavy (non-hydrogen) atoms. The van der Waals surface area contributed by atoms with Gasteiger partial charge in [-0.05, 0) is 209 Å². The minimum absolute atomic E-state index is 0.0191. The van der Waals surface area contributed by atoms with Crippen LogP contribution in [0, 0.1) is 94.1 Å². The Morgan fingerprint density at radius 2 is 0.725 bits per heavy atom. The number of halogens is 14. The Morgan fingerprint density at radius 1 is 0.367 bits per heavy atom. The van der Waals surface area contributed by atoms with Gasteiger partial charge in [-0.1, -0.05) is 380 Å². The predicted molar refractivity (Wildman–Crippen MR) is 504 cm³/mol. The number of aliphatic hydroxyl groups is 1. The summed E-state index contributed by atoms with van der Waals surface area (Å²) < 4.78 is 169. The molecule has 0 amide bonds. The van der Waals surface area contributed by atoms with Crippen LogP contribution in [0.25, 0.3) is 0 Å². The Bertz CT molecular complexity index is 2280. The molecule has 0 atom stereocenters. The fraction of sp³-hybridized carbons (Fsp3) is 0.942. The van der Waals surface area contributed by atoms with Crippen LogP contribution in [0.15, 0.2) is 30.3 Å². The van der Waals surface area contributed by atoms with E-state index >= 15 is 0 Å². The standard InChI is InChI=1S/C11H16.C10H20.C9H20.C8H15F3.C8H18O.C8H16.C8H18.C7H11F5.C7H13F3.C7H14F2.C7H15F.C7H16O.C7H16/c1-11(2,3)9-10-7-5-4-6-8-10;1-10(2,3)8-7-9-5-4-6-9;1-8(2)6-7-9(3,4)5;1-7(2,3)5-4-6-8(9,10)11;1-8(2,3)6-5-7-9-4;1-8(2,3)6-7-4-5-7;1-7(2)6-8(3,4)5;1-5(2,3)4-6(8,9)7(10,11)12;1-6(2,3)4-5-7(8,9)10;1-7(2,3)5-4-6(8)9;2*1-7(2,3)5-4-6-8;1-5-6-7(2,3)4/h4-8H,9H2,1-3H3;9H,4-8H2,1-3H3;8H,6-7H2,1-5H3;4-6H2,1-3H3;5-7H2,1-4H3;7H,4-6H2,1-3H3;7H,6H2,1-5H3;4H2,1-3H3;4-5H2,1-3H3;6H,4-5H2,1-3H3;4-6H2,1-3H3;8H,4-6H2,1-3H3;5-6H2,1-4H3. The van der Waals surface area contributed by atoms with Crippen LogP contribution in [-0.2, 0) is 11.2 Å². The summed E-state index contributed by atoms with van der Waals surface area (Å²) in [5.74, 6) is -0.681. The molecule has 734 valence electrons. The van der Waals surface area contributed by atoms with E-state index in [1.165, 1.54) is 123 Å². The van der Waals surface area contributed by atoms with E-state index < -0.39 is 55.6 Å². The van der Waals surface area contributed by atoms with E-state index in [0.717, 1.165) is 56.0 Å². The average molecular weight is 1760 g/mol. The zero-order chi connectivity index (χ0) is 98.1. The van der Waals surface area contributed by atoms with Crippen molar-refractivity contribution in [1.29, 1.82) is 0 Å². The number of benzene rings is 1. The third-order valence-corrected chi connectivity index (χ3v) is 17.4. The van der Waals surface area contributed by atoms with Gasteiger partial charge in [0.1, 0.15) is 0 Å². The van der Waals surface area contributed by atoms with Gasteiger partial charge in [0.05, 0.1) is 6.67 Å². The van der Waals surface area contributed by atoms with Crippen molar-refractivity contribution in [3.63, 3.8) is 0 Å². The van der Waals surface area contributed by atoms with E-state index in [0.29, 0.717) is 74.6 Å². The van der Waals surface area contributed by atoms with Gasteiger partial charge in [0.25, 0.3) is 0 Å². The molecular formula is C104H208F14O2. The van der Waals surface area contributed by atoms with Gasteiger partial charge in [-0.3, -0.25) is 4.39 Å². The first-order valence-electron chi connectivity index (χ1n) is 46.2. The van der Waals surface area contributed by atoms with E-state index in [1.54, 1.807) is 27.9 Å². The first-order chi connectivity index (χ1) is 52.6. The molecule has 0 heterocycles. The van der Waals surface area contributed by atoms with Crippen molar-refractivity contribution >= 4 is 0 Å². The molecule has 1 aromatic rings. The Kier molecular flexibility index (Phi) is 75.9. The maximum Gasteiger partial charge on any atom is 0.453 e. The minimum atomic E-state index is -5.43. The molecule has 2 fully saturated rings. The zero-order valence-electron chi connectivity index (χ0n) is 87.8. The van der Waals surface area contributed by atoms with Crippen molar-refractivity contribution in [2.45, 2.75) is 515 Å². The molecule has 0 aliphatic heterocycles. The van der Waals surface area contributed by atoms with E-state index in [4.69, 9.17) is 9.84 Å². The number of rotatable bonds is 21. The molecule has 2 aliphatic rings. The molecule has 0 bridgehead atoms. The molecular weight excluding hydrogens is 1550 g/mol. The molecule has 2 aliphatic carbocycles. The Morgan fingerprint density at radius 3 is 0.900 bits per heavy atom. The van der Waals surface area contributed by atoms with Crippen molar-refractivity contribution in [3.05, 3.63) is 35.9 Å². The van der Waals surface area contributed by atoms with Gasteiger partial charge >= 0.3 is 24.5 Å². The lowest BCUT2D eigenvalue weighted by atomic mass is 9.78. The quantitative estimate of drug-likeness (QED) is 0.0982. The lowest BCUT2D eigenvalue weighted by Crippen LogP contribution is -2.39. The Balaban J connectivity index is -0.000000137. The smallest absolute Gasteiger partial charge is 0.396 e. The number of alkyl halides is 14.